The molecule has 3 heterocycles. The number of nitrogens with zero attached hydrogens (tertiary/aromatic N) is 6. The predicted octanol–water partition coefficient (Wildman–Crippen LogP) is 3.30. The maximum atomic E-state index is 12.5. The molecule has 0 radical (unpaired) electrons. The number of anilines is 1. The number of carbonyl (C=O) groups is 1. The van der Waals surface area contributed by atoms with Crippen molar-refractivity contribution in [2.75, 3.05) is 5.32 Å². The Balaban J connectivity index is 1.43. The second-order valence-electron chi connectivity index (χ2n) is 7.37. The van der Waals surface area contributed by atoms with E-state index in [2.05, 4.69) is 25.5 Å². The highest BCUT2D eigenvalue weighted by Gasteiger charge is 2.19. The Kier molecular flexibility index (Phi) is 5.18. The van der Waals surface area contributed by atoms with Crippen LogP contribution < -0.4 is 5.32 Å². The van der Waals surface area contributed by atoms with Crippen molar-refractivity contribution in [3.63, 3.8) is 0 Å². The van der Waals surface area contributed by atoms with E-state index < -0.39 is 0 Å². The van der Waals surface area contributed by atoms with Gasteiger partial charge in [0.1, 0.15) is 12.4 Å². The molecule has 4 rings (SSSR count). The molecule has 1 saturated carbocycles. The van der Waals surface area contributed by atoms with E-state index in [9.17, 15) is 4.79 Å². The lowest BCUT2D eigenvalue weighted by molar-refractivity contribution is -0.117. The molecule has 3 aromatic heterocycles. The first kappa shape index (κ1) is 18.3. The molecule has 146 valence electrons. The first-order valence-corrected chi connectivity index (χ1v) is 9.76. The smallest absolute Gasteiger partial charge is 0.247 e. The number of hydrogen-bond acceptors (Lipinski definition) is 5. The molecule has 0 aliphatic heterocycles. The summed E-state index contributed by atoms with van der Waals surface area (Å²) in [7, 11) is 0. The summed E-state index contributed by atoms with van der Waals surface area (Å²) in [6.07, 6.45) is 13.0. The largest absolute Gasteiger partial charge is 0.309 e. The van der Waals surface area contributed by atoms with Crippen LogP contribution in [-0.4, -0.2) is 35.4 Å². The van der Waals surface area contributed by atoms with Gasteiger partial charge in [-0.15, -0.1) is 0 Å². The lowest BCUT2D eigenvalue weighted by Gasteiger charge is -2.23. The molecule has 0 saturated heterocycles. The minimum Gasteiger partial charge on any atom is -0.309 e. The number of carbonyl (C=O) groups excluding carboxylic acids is 1. The number of aromatic nitrogens is 6. The molecule has 8 heteroatoms. The Bertz CT molecular complexity index is 969. The van der Waals surface area contributed by atoms with Gasteiger partial charge in [0.05, 0.1) is 35.5 Å². The summed E-state index contributed by atoms with van der Waals surface area (Å²) in [5, 5.41) is 11.7. The van der Waals surface area contributed by atoms with E-state index in [-0.39, 0.29) is 12.5 Å². The van der Waals surface area contributed by atoms with Crippen molar-refractivity contribution in [1.29, 1.82) is 0 Å². The molecule has 0 bridgehead atoms. The van der Waals surface area contributed by atoms with Crippen molar-refractivity contribution in [2.24, 2.45) is 0 Å². The van der Waals surface area contributed by atoms with E-state index in [1.165, 1.54) is 19.3 Å². The standard InChI is InChI=1S/C20H25N7O/c1-14-10-21-15(2)20(24-14)16-11-23-26(12-16)13-19(28)25-18-8-9-22-27(18)17-6-4-3-5-7-17/h8-12,17H,3-7,13H2,1-2H3,(H,25,28). The van der Waals surface area contributed by atoms with E-state index in [1.807, 2.05) is 30.8 Å². The first-order chi connectivity index (χ1) is 13.6. The second kappa shape index (κ2) is 7.92. The van der Waals surface area contributed by atoms with Gasteiger partial charge in [0, 0.05) is 24.0 Å². The third-order valence-corrected chi connectivity index (χ3v) is 5.15. The zero-order valence-electron chi connectivity index (χ0n) is 16.3. The van der Waals surface area contributed by atoms with Crippen LogP contribution in [0.3, 0.4) is 0 Å². The van der Waals surface area contributed by atoms with Gasteiger partial charge in [0.25, 0.3) is 0 Å². The summed E-state index contributed by atoms with van der Waals surface area (Å²) in [6, 6.07) is 2.23. The molecule has 1 amide bonds. The average molecular weight is 379 g/mol. The summed E-state index contributed by atoms with van der Waals surface area (Å²) in [6.45, 7) is 3.95. The van der Waals surface area contributed by atoms with Crippen LogP contribution in [0.2, 0.25) is 0 Å². The van der Waals surface area contributed by atoms with Crippen molar-refractivity contribution >= 4 is 11.7 Å². The van der Waals surface area contributed by atoms with Gasteiger partial charge in [0.15, 0.2) is 0 Å². The third kappa shape index (κ3) is 3.95. The summed E-state index contributed by atoms with van der Waals surface area (Å²) >= 11 is 0. The summed E-state index contributed by atoms with van der Waals surface area (Å²) in [5.74, 6) is 0.629. The lowest BCUT2D eigenvalue weighted by atomic mass is 9.96. The highest BCUT2D eigenvalue weighted by molar-refractivity contribution is 5.89. The summed E-state index contributed by atoms with van der Waals surface area (Å²) < 4.78 is 3.58. The topological polar surface area (TPSA) is 90.5 Å². The van der Waals surface area contributed by atoms with Crippen LogP contribution in [0.1, 0.15) is 49.5 Å². The Labute approximate surface area is 164 Å². The van der Waals surface area contributed by atoms with Crippen LogP contribution in [-0.2, 0) is 11.3 Å². The highest BCUT2D eigenvalue weighted by atomic mass is 16.2. The minimum absolute atomic E-state index is 0.126. The van der Waals surface area contributed by atoms with Crippen LogP contribution in [0, 0.1) is 13.8 Å². The highest BCUT2D eigenvalue weighted by Crippen LogP contribution is 2.29. The van der Waals surface area contributed by atoms with Crippen molar-refractivity contribution in [2.45, 2.75) is 58.5 Å². The van der Waals surface area contributed by atoms with Gasteiger partial charge >= 0.3 is 0 Å². The zero-order chi connectivity index (χ0) is 19.5. The van der Waals surface area contributed by atoms with E-state index in [0.29, 0.717) is 6.04 Å². The van der Waals surface area contributed by atoms with Gasteiger partial charge in [-0.3, -0.25) is 14.5 Å². The van der Waals surface area contributed by atoms with E-state index in [4.69, 9.17) is 0 Å². The number of aryl methyl sites for hydroxylation is 2. The van der Waals surface area contributed by atoms with Crippen molar-refractivity contribution in [3.05, 3.63) is 42.2 Å². The molecule has 1 aliphatic carbocycles. The maximum Gasteiger partial charge on any atom is 0.247 e. The molecule has 8 nitrogen and oxygen atoms in total. The predicted molar refractivity (Wildman–Crippen MR) is 106 cm³/mol. The molecule has 1 N–H and O–H groups in total. The van der Waals surface area contributed by atoms with Crippen molar-refractivity contribution in [1.82, 2.24) is 29.5 Å². The molecule has 0 spiro atoms. The SMILES string of the molecule is Cc1cnc(C)c(-c2cnn(CC(=O)Nc3ccnn3C3CCCCC3)c2)n1. The fourth-order valence-electron chi connectivity index (χ4n) is 3.74. The van der Waals surface area contributed by atoms with Gasteiger partial charge in [-0.25, -0.2) is 9.67 Å². The van der Waals surface area contributed by atoms with E-state index in [0.717, 1.165) is 41.3 Å². The van der Waals surface area contributed by atoms with E-state index in [1.54, 1.807) is 23.3 Å². The van der Waals surface area contributed by atoms with Gasteiger partial charge in [-0.1, -0.05) is 19.3 Å². The number of hydrogen-bond donors (Lipinski definition) is 1. The van der Waals surface area contributed by atoms with Crippen LogP contribution in [0.25, 0.3) is 11.3 Å². The molecule has 3 aromatic rings. The molecule has 0 unspecified atom stereocenters. The Hall–Kier alpha value is -3.03. The monoisotopic (exact) mass is 379 g/mol. The van der Waals surface area contributed by atoms with Crippen LogP contribution in [0.4, 0.5) is 5.82 Å². The van der Waals surface area contributed by atoms with Crippen LogP contribution >= 0.6 is 0 Å². The van der Waals surface area contributed by atoms with Gasteiger partial charge < -0.3 is 5.32 Å². The van der Waals surface area contributed by atoms with Gasteiger partial charge in [-0.05, 0) is 26.7 Å². The minimum atomic E-state index is -0.126. The van der Waals surface area contributed by atoms with Crippen molar-refractivity contribution < 1.29 is 4.79 Å². The molecular formula is C20H25N7O. The quantitative estimate of drug-likeness (QED) is 0.734. The van der Waals surface area contributed by atoms with Crippen LogP contribution in [0.5, 0.6) is 0 Å². The molecule has 1 aliphatic rings. The molecule has 28 heavy (non-hydrogen) atoms. The number of rotatable bonds is 5. The van der Waals surface area contributed by atoms with Crippen molar-refractivity contribution in [3.8, 4) is 11.3 Å². The lowest BCUT2D eigenvalue weighted by Crippen LogP contribution is -2.23. The van der Waals surface area contributed by atoms with Gasteiger partial charge in [0.2, 0.25) is 5.91 Å². The maximum absolute atomic E-state index is 12.5. The normalized spacial score (nSPS) is 14.9. The fraction of sp³-hybridized carbons (Fsp3) is 0.450. The number of amides is 1. The van der Waals surface area contributed by atoms with E-state index >= 15 is 0 Å². The molecule has 0 atom stereocenters. The Morgan fingerprint density at radius 2 is 2.00 bits per heavy atom. The first-order valence-electron chi connectivity index (χ1n) is 9.76. The number of nitrogens with one attached hydrogen (secondary N) is 1. The second-order valence-corrected chi connectivity index (χ2v) is 7.37. The molecule has 0 aromatic carbocycles. The molecular weight excluding hydrogens is 354 g/mol. The third-order valence-electron chi connectivity index (χ3n) is 5.15. The zero-order valence-corrected chi connectivity index (χ0v) is 16.3. The van der Waals surface area contributed by atoms with Crippen LogP contribution in [0.15, 0.2) is 30.9 Å². The fourth-order valence-corrected chi connectivity index (χ4v) is 3.74. The Morgan fingerprint density at radius 1 is 1.18 bits per heavy atom. The Morgan fingerprint density at radius 3 is 2.82 bits per heavy atom. The summed E-state index contributed by atoms with van der Waals surface area (Å²) in [4.78, 5) is 21.4. The average Bonchev–Trinajstić information content (AvgIpc) is 3.34. The van der Waals surface area contributed by atoms with Gasteiger partial charge in [-0.2, -0.15) is 10.2 Å². The molecule has 1 fully saturated rings. The summed E-state index contributed by atoms with van der Waals surface area (Å²) in [5.41, 5.74) is 3.34.